The highest BCUT2D eigenvalue weighted by Crippen LogP contribution is 2.23. The van der Waals surface area contributed by atoms with Crippen LogP contribution in [0.5, 0.6) is 5.88 Å². The molecule has 122 valence electrons. The molecule has 0 atom stereocenters. The molecular weight excluding hydrogens is 299 g/mol. The number of rotatable bonds is 5. The van der Waals surface area contributed by atoms with E-state index in [1.807, 2.05) is 17.0 Å². The first kappa shape index (κ1) is 15.5. The minimum atomic E-state index is -0.225. The molecule has 1 aromatic carbocycles. The topological polar surface area (TPSA) is 59.5 Å². The second kappa shape index (κ2) is 7.23. The molecule has 1 aliphatic heterocycles. The van der Waals surface area contributed by atoms with Gasteiger partial charge in [-0.3, -0.25) is 0 Å². The van der Waals surface area contributed by atoms with E-state index in [0.717, 1.165) is 5.56 Å². The standard InChI is InChI=1S/C16H19FN4O2/c1-22-16-15(18-4-5-19-16)20-11-12-2-3-14(13(17)10-12)21-6-8-23-9-7-21/h2-5,10H,6-9,11H2,1H3,(H,18,20). The molecular formula is C16H19FN4O2. The van der Waals surface area contributed by atoms with Crippen LogP contribution < -0.4 is 15.0 Å². The predicted octanol–water partition coefficient (Wildman–Crippen LogP) is 2.07. The molecule has 2 aromatic rings. The fraction of sp³-hybridized carbons (Fsp3) is 0.375. The molecule has 1 saturated heterocycles. The van der Waals surface area contributed by atoms with E-state index in [4.69, 9.17) is 9.47 Å². The van der Waals surface area contributed by atoms with Gasteiger partial charge in [-0.2, -0.15) is 0 Å². The lowest BCUT2D eigenvalue weighted by Gasteiger charge is -2.29. The summed E-state index contributed by atoms with van der Waals surface area (Å²) in [6.07, 6.45) is 3.13. The fourth-order valence-electron chi connectivity index (χ4n) is 2.50. The van der Waals surface area contributed by atoms with Crippen molar-refractivity contribution in [3.8, 4) is 5.88 Å². The van der Waals surface area contributed by atoms with Crippen molar-refractivity contribution in [3.63, 3.8) is 0 Å². The van der Waals surface area contributed by atoms with Crippen molar-refractivity contribution in [2.24, 2.45) is 0 Å². The fourth-order valence-corrected chi connectivity index (χ4v) is 2.50. The number of ether oxygens (including phenoxy) is 2. The largest absolute Gasteiger partial charge is 0.478 e. The highest BCUT2D eigenvalue weighted by Gasteiger charge is 2.15. The molecule has 0 amide bonds. The molecule has 0 aliphatic carbocycles. The third kappa shape index (κ3) is 3.68. The molecule has 0 bridgehead atoms. The number of hydrogen-bond acceptors (Lipinski definition) is 6. The first-order valence-corrected chi connectivity index (χ1v) is 7.48. The van der Waals surface area contributed by atoms with Crippen molar-refractivity contribution in [1.29, 1.82) is 0 Å². The van der Waals surface area contributed by atoms with E-state index < -0.39 is 0 Å². The van der Waals surface area contributed by atoms with E-state index in [2.05, 4.69) is 15.3 Å². The molecule has 0 saturated carbocycles. The van der Waals surface area contributed by atoms with Gasteiger partial charge in [0.25, 0.3) is 5.88 Å². The van der Waals surface area contributed by atoms with E-state index in [-0.39, 0.29) is 5.82 Å². The van der Waals surface area contributed by atoms with Crippen LogP contribution in [0, 0.1) is 5.82 Å². The van der Waals surface area contributed by atoms with E-state index in [0.29, 0.717) is 50.2 Å². The molecule has 7 heteroatoms. The lowest BCUT2D eigenvalue weighted by molar-refractivity contribution is 0.122. The summed E-state index contributed by atoms with van der Waals surface area (Å²) in [5.74, 6) is 0.725. The second-order valence-corrected chi connectivity index (χ2v) is 5.15. The molecule has 1 fully saturated rings. The molecule has 1 aromatic heterocycles. The van der Waals surface area contributed by atoms with E-state index >= 15 is 0 Å². The number of morpholine rings is 1. The van der Waals surface area contributed by atoms with Crippen LogP contribution in [0.1, 0.15) is 5.56 Å². The Labute approximate surface area is 134 Å². The summed E-state index contributed by atoms with van der Waals surface area (Å²) < 4.78 is 24.8. The zero-order chi connectivity index (χ0) is 16.1. The average Bonchev–Trinajstić information content (AvgIpc) is 2.61. The first-order chi connectivity index (χ1) is 11.3. The van der Waals surface area contributed by atoms with E-state index in [9.17, 15) is 4.39 Å². The Balaban J connectivity index is 1.68. The average molecular weight is 318 g/mol. The SMILES string of the molecule is COc1nccnc1NCc1ccc(N2CCOCC2)c(F)c1. The minimum absolute atomic E-state index is 0.225. The number of methoxy groups -OCH3 is 1. The van der Waals surface area contributed by atoms with Gasteiger partial charge in [0.1, 0.15) is 5.82 Å². The van der Waals surface area contributed by atoms with Crippen molar-refractivity contribution in [1.82, 2.24) is 9.97 Å². The summed E-state index contributed by atoms with van der Waals surface area (Å²) >= 11 is 0. The molecule has 2 heterocycles. The number of anilines is 2. The summed E-state index contributed by atoms with van der Waals surface area (Å²) in [5, 5.41) is 3.11. The van der Waals surface area contributed by atoms with Gasteiger partial charge in [0.2, 0.25) is 0 Å². The molecule has 0 spiro atoms. The van der Waals surface area contributed by atoms with Crippen LogP contribution in [0.25, 0.3) is 0 Å². The molecule has 23 heavy (non-hydrogen) atoms. The summed E-state index contributed by atoms with van der Waals surface area (Å²) in [6.45, 7) is 3.14. The van der Waals surface area contributed by atoms with Gasteiger partial charge < -0.3 is 19.7 Å². The molecule has 1 aliphatic rings. The number of benzene rings is 1. The highest BCUT2D eigenvalue weighted by molar-refractivity contribution is 5.50. The number of nitrogens with zero attached hydrogens (tertiary/aromatic N) is 3. The van der Waals surface area contributed by atoms with Crippen molar-refractivity contribution in [3.05, 3.63) is 42.0 Å². The molecule has 3 rings (SSSR count). The van der Waals surface area contributed by atoms with Gasteiger partial charge in [-0.15, -0.1) is 0 Å². The Morgan fingerprint density at radius 3 is 2.78 bits per heavy atom. The lowest BCUT2D eigenvalue weighted by atomic mass is 10.1. The maximum Gasteiger partial charge on any atom is 0.257 e. The number of halogens is 1. The van der Waals surface area contributed by atoms with Crippen LogP contribution in [-0.2, 0) is 11.3 Å². The van der Waals surface area contributed by atoms with Crippen molar-refractivity contribution in [2.45, 2.75) is 6.54 Å². The molecule has 6 nitrogen and oxygen atoms in total. The van der Waals surface area contributed by atoms with Gasteiger partial charge in [-0.1, -0.05) is 6.07 Å². The van der Waals surface area contributed by atoms with Crippen LogP contribution in [-0.4, -0.2) is 43.4 Å². The van der Waals surface area contributed by atoms with Gasteiger partial charge in [0.15, 0.2) is 5.82 Å². The van der Waals surface area contributed by atoms with Crippen LogP contribution in [0.3, 0.4) is 0 Å². The van der Waals surface area contributed by atoms with Crippen molar-refractivity contribution in [2.75, 3.05) is 43.6 Å². The minimum Gasteiger partial charge on any atom is -0.478 e. The summed E-state index contributed by atoms with van der Waals surface area (Å²) in [6, 6.07) is 5.26. The van der Waals surface area contributed by atoms with Gasteiger partial charge in [0.05, 0.1) is 26.0 Å². The zero-order valence-electron chi connectivity index (χ0n) is 13.0. The smallest absolute Gasteiger partial charge is 0.257 e. The lowest BCUT2D eigenvalue weighted by Crippen LogP contribution is -2.36. The zero-order valence-corrected chi connectivity index (χ0v) is 13.0. The monoisotopic (exact) mass is 318 g/mol. The summed E-state index contributed by atoms with van der Waals surface area (Å²) in [7, 11) is 1.53. The highest BCUT2D eigenvalue weighted by atomic mass is 19.1. The maximum absolute atomic E-state index is 14.3. The maximum atomic E-state index is 14.3. The predicted molar refractivity (Wildman–Crippen MR) is 85.3 cm³/mol. The Morgan fingerprint density at radius 1 is 1.26 bits per heavy atom. The van der Waals surface area contributed by atoms with Crippen molar-refractivity contribution < 1.29 is 13.9 Å². The third-order valence-electron chi connectivity index (χ3n) is 3.68. The van der Waals surface area contributed by atoms with Crippen LogP contribution in [0.4, 0.5) is 15.9 Å². The number of nitrogens with one attached hydrogen (secondary N) is 1. The number of hydrogen-bond donors (Lipinski definition) is 1. The molecule has 0 radical (unpaired) electrons. The Kier molecular flexibility index (Phi) is 4.87. The third-order valence-corrected chi connectivity index (χ3v) is 3.68. The Bertz CT molecular complexity index is 662. The van der Waals surface area contributed by atoms with Crippen LogP contribution >= 0.6 is 0 Å². The van der Waals surface area contributed by atoms with E-state index in [1.54, 1.807) is 18.5 Å². The Morgan fingerprint density at radius 2 is 2.04 bits per heavy atom. The van der Waals surface area contributed by atoms with Gasteiger partial charge >= 0.3 is 0 Å². The quantitative estimate of drug-likeness (QED) is 0.911. The summed E-state index contributed by atoms with van der Waals surface area (Å²) in [4.78, 5) is 10.2. The van der Waals surface area contributed by atoms with Crippen molar-refractivity contribution >= 4 is 11.5 Å². The van der Waals surface area contributed by atoms with Gasteiger partial charge in [-0.05, 0) is 17.7 Å². The van der Waals surface area contributed by atoms with Crippen LogP contribution in [0.2, 0.25) is 0 Å². The molecule has 0 unspecified atom stereocenters. The first-order valence-electron chi connectivity index (χ1n) is 7.48. The van der Waals surface area contributed by atoms with Gasteiger partial charge in [0, 0.05) is 32.0 Å². The second-order valence-electron chi connectivity index (χ2n) is 5.15. The molecule has 1 N–H and O–H groups in total. The normalized spacial score (nSPS) is 14.6. The van der Waals surface area contributed by atoms with Crippen LogP contribution in [0.15, 0.2) is 30.6 Å². The summed E-state index contributed by atoms with van der Waals surface area (Å²) in [5.41, 5.74) is 1.45. The number of aromatic nitrogens is 2. The Hall–Kier alpha value is -2.41. The van der Waals surface area contributed by atoms with E-state index in [1.165, 1.54) is 7.11 Å². The van der Waals surface area contributed by atoms with Gasteiger partial charge in [-0.25, -0.2) is 14.4 Å².